The van der Waals surface area contributed by atoms with E-state index in [1.165, 1.54) is 0 Å². The van der Waals surface area contributed by atoms with Crippen molar-refractivity contribution < 1.29 is 4.79 Å². The van der Waals surface area contributed by atoms with Crippen LogP contribution in [0.1, 0.15) is 21.5 Å². The van der Waals surface area contributed by atoms with Gasteiger partial charge in [-0.25, -0.2) is 0 Å². The summed E-state index contributed by atoms with van der Waals surface area (Å²) < 4.78 is 0. The lowest BCUT2D eigenvalue weighted by Gasteiger charge is -2.00. The van der Waals surface area contributed by atoms with Crippen molar-refractivity contribution >= 4 is 17.5 Å². The second kappa shape index (κ2) is 2.49. The molecule has 1 aliphatic heterocycles. The molecule has 62 valence electrons. The van der Waals surface area contributed by atoms with Gasteiger partial charge >= 0.3 is 0 Å². The first-order chi connectivity index (χ1) is 5.68. The second-order valence-corrected chi connectivity index (χ2v) is 3.35. The number of halogens is 1. The maximum Gasteiger partial charge on any atom is 0.251 e. The number of hydrogen-bond acceptors (Lipinski definition) is 1. The number of benzene rings is 1. The average molecular weight is 182 g/mol. The first kappa shape index (κ1) is 7.62. The molecule has 1 aromatic rings. The van der Waals surface area contributed by atoms with E-state index in [0.29, 0.717) is 6.54 Å². The van der Waals surface area contributed by atoms with Gasteiger partial charge in [-0.2, -0.15) is 0 Å². The number of fused-ring (bicyclic) bond motifs is 1. The van der Waals surface area contributed by atoms with Crippen LogP contribution in [0.4, 0.5) is 0 Å². The van der Waals surface area contributed by atoms with Crippen molar-refractivity contribution in [2.75, 3.05) is 0 Å². The van der Waals surface area contributed by atoms with E-state index >= 15 is 0 Å². The lowest BCUT2D eigenvalue weighted by atomic mass is 10.1. The van der Waals surface area contributed by atoms with Crippen molar-refractivity contribution in [2.45, 2.75) is 13.5 Å². The van der Waals surface area contributed by atoms with Crippen LogP contribution in [-0.2, 0) is 6.54 Å². The standard InChI is InChI=1S/C9H8ClNO/c1-5-2-7-6(3-8(5)10)4-11-9(7)12/h2-3H,4H2,1H3,(H,11,12). The fraction of sp³-hybridized carbons (Fsp3) is 0.222. The smallest absolute Gasteiger partial charge is 0.251 e. The molecule has 1 amide bonds. The van der Waals surface area contributed by atoms with Gasteiger partial charge in [0.2, 0.25) is 0 Å². The number of aryl methyl sites for hydroxylation is 1. The molecule has 0 aromatic heterocycles. The quantitative estimate of drug-likeness (QED) is 0.651. The summed E-state index contributed by atoms with van der Waals surface area (Å²) in [5.41, 5.74) is 2.71. The van der Waals surface area contributed by atoms with Gasteiger partial charge in [0, 0.05) is 17.1 Å². The normalized spacial score (nSPS) is 14.3. The Morgan fingerprint density at radius 3 is 3.00 bits per heavy atom. The molecule has 0 fully saturated rings. The minimum absolute atomic E-state index is 0.00441. The van der Waals surface area contributed by atoms with Crippen molar-refractivity contribution in [3.8, 4) is 0 Å². The number of rotatable bonds is 0. The molecule has 1 N–H and O–H groups in total. The van der Waals surface area contributed by atoms with Gasteiger partial charge in [-0.1, -0.05) is 11.6 Å². The van der Waals surface area contributed by atoms with Crippen LogP contribution >= 0.6 is 11.6 Å². The van der Waals surface area contributed by atoms with Gasteiger partial charge in [0.15, 0.2) is 0 Å². The predicted octanol–water partition coefficient (Wildman–Crippen LogP) is 1.89. The number of carbonyl (C=O) groups is 1. The molecule has 2 rings (SSSR count). The maximum atomic E-state index is 11.2. The van der Waals surface area contributed by atoms with Crippen LogP contribution in [0.5, 0.6) is 0 Å². The highest BCUT2D eigenvalue weighted by Crippen LogP contribution is 2.23. The Kier molecular flexibility index (Phi) is 1.58. The Labute approximate surface area is 75.5 Å². The van der Waals surface area contributed by atoms with Crippen LogP contribution < -0.4 is 5.32 Å². The minimum atomic E-state index is 0.00441. The molecule has 0 unspecified atom stereocenters. The van der Waals surface area contributed by atoms with Gasteiger partial charge in [-0.05, 0) is 30.2 Å². The van der Waals surface area contributed by atoms with E-state index in [4.69, 9.17) is 11.6 Å². The zero-order valence-corrected chi connectivity index (χ0v) is 7.40. The first-order valence-corrected chi connectivity index (χ1v) is 4.13. The predicted molar refractivity (Wildman–Crippen MR) is 47.4 cm³/mol. The van der Waals surface area contributed by atoms with Crippen molar-refractivity contribution in [2.24, 2.45) is 0 Å². The first-order valence-electron chi connectivity index (χ1n) is 3.75. The third kappa shape index (κ3) is 0.994. The Hall–Kier alpha value is -1.02. The Balaban J connectivity index is 2.63. The highest BCUT2D eigenvalue weighted by molar-refractivity contribution is 6.31. The van der Waals surface area contributed by atoms with E-state index in [-0.39, 0.29) is 5.91 Å². The summed E-state index contributed by atoms with van der Waals surface area (Å²) in [7, 11) is 0. The molecule has 1 aromatic carbocycles. The van der Waals surface area contributed by atoms with Crippen LogP contribution in [0.3, 0.4) is 0 Å². The van der Waals surface area contributed by atoms with Crippen LogP contribution in [0.15, 0.2) is 12.1 Å². The fourth-order valence-corrected chi connectivity index (χ4v) is 1.54. The summed E-state index contributed by atoms with van der Waals surface area (Å²) in [6.07, 6.45) is 0. The zero-order chi connectivity index (χ0) is 8.72. The highest BCUT2D eigenvalue weighted by Gasteiger charge is 2.19. The molecule has 0 bridgehead atoms. The Morgan fingerprint density at radius 1 is 1.50 bits per heavy atom. The van der Waals surface area contributed by atoms with E-state index < -0.39 is 0 Å². The molecule has 0 saturated heterocycles. The second-order valence-electron chi connectivity index (χ2n) is 2.94. The summed E-state index contributed by atoms with van der Waals surface area (Å²) in [6, 6.07) is 3.68. The maximum absolute atomic E-state index is 11.2. The molecular formula is C9H8ClNO. The highest BCUT2D eigenvalue weighted by atomic mass is 35.5. The van der Waals surface area contributed by atoms with Crippen LogP contribution in [0, 0.1) is 6.92 Å². The van der Waals surface area contributed by atoms with E-state index in [1.54, 1.807) is 0 Å². The third-order valence-corrected chi connectivity index (χ3v) is 2.48. The average Bonchev–Trinajstić information content (AvgIpc) is 2.35. The molecule has 3 heteroatoms. The lowest BCUT2D eigenvalue weighted by molar-refractivity contribution is 0.0965. The summed E-state index contributed by atoms with van der Waals surface area (Å²) in [4.78, 5) is 11.2. The van der Waals surface area contributed by atoms with Crippen molar-refractivity contribution in [1.29, 1.82) is 0 Å². The summed E-state index contributed by atoms with van der Waals surface area (Å²) in [5, 5.41) is 3.47. The van der Waals surface area contributed by atoms with Crippen molar-refractivity contribution in [3.05, 3.63) is 33.8 Å². The summed E-state index contributed by atoms with van der Waals surface area (Å²) in [5.74, 6) is 0.00441. The molecule has 0 aliphatic carbocycles. The molecule has 1 heterocycles. The van der Waals surface area contributed by atoms with Crippen LogP contribution in [0.2, 0.25) is 5.02 Å². The molecule has 0 radical (unpaired) electrons. The Bertz CT molecular complexity index is 360. The number of nitrogens with one attached hydrogen (secondary N) is 1. The van der Waals surface area contributed by atoms with Gasteiger partial charge in [-0.3, -0.25) is 4.79 Å². The monoisotopic (exact) mass is 181 g/mol. The van der Waals surface area contributed by atoms with Gasteiger partial charge in [-0.15, -0.1) is 0 Å². The van der Waals surface area contributed by atoms with Crippen LogP contribution in [0.25, 0.3) is 0 Å². The van der Waals surface area contributed by atoms with E-state index in [0.717, 1.165) is 21.7 Å². The van der Waals surface area contributed by atoms with E-state index in [1.807, 2.05) is 19.1 Å². The molecule has 0 spiro atoms. The van der Waals surface area contributed by atoms with E-state index in [2.05, 4.69) is 5.32 Å². The molecule has 12 heavy (non-hydrogen) atoms. The fourth-order valence-electron chi connectivity index (χ4n) is 1.35. The number of hydrogen-bond donors (Lipinski definition) is 1. The SMILES string of the molecule is Cc1cc2c(cc1Cl)CNC2=O. The van der Waals surface area contributed by atoms with Crippen molar-refractivity contribution in [1.82, 2.24) is 5.32 Å². The molecule has 2 nitrogen and oxygen atoms in total. The Morgan fingerprint density at radius 2 is 2.25 bits per heavy atom. The lowest BCUT2D eigenvalue weighted by Crippen LogP contribution is -2.12. The molecular weight excluding hydrogens is 174 g/mol. The summed E-state index contributed by atoms with van der Waals surface area (Å²) in [6.45, 7) is 2.50. The van der Waals surface area contributed by atoms with Crippen LogP contribution in [-0.4, -0.2) is 5.91 Å². The summed E-state index contributed by atoms with van der Waals surface area (Å²) >= 11 is 5.90. The zero-order valence-electron chi connectivity index (χ0n) is 6.65. The topological polar surface area (TPSA) is 29.1 Å². The van der Waals surface area contributed by atoms with E-state index in [9.17, 15) is 4.79 Å². The number of amides is 1. The molecule has 0 saturated carbocycles. The molecule has 0 atom stereocenters. The minimum Gasteiger partial charge on any atom is -0.348 e. The van der Waals surface area contributed by atoms with Gasteiger partial charge in [0.25, 0.3) is 5.91 Å². The molecule has 1 aliphatic rings. The number of carbonyl (C=O) groups excluding carboxylic acids is 1. The largest absolute Gasteiger partial charge is 0.348 e. The van der Waals surface area contributed by atoms with Gasteiger partial charge in [0.05, 0.1) is 0 Å². The third-order valence-electron chi connectivity index (χ3n) is 2.07. The van der Waals surface area contributed by atoms with Gasteiger partial charge in [0.1, 0.15) is 0 Å². The van der Waals surface area contributed by atoms with Gasteiger partial charge < -0.3 is 5.32 Å². The van der Waals surface area contributed by atoms with Crippen molar-refractivity contribution in [3.63, 3.8) is 0 Å².